The molecule has 0 spiro atoms. The van der Waals surface area contributed by atoms with Crippen LogP contribution in [-0.2, 0) is 10.0 Å². The summed E-state index contributed by atoms with van der Waals surface area (Å²) in [5.74, 6) is -0.510. The summed E-state index contributed by atoms with van der Waals surface area (Å²) >= 11 is 0. The number of phenols is 1. The Hall–Kier alpha value is -2.68. The predicted molar refractivity (Wildman–Crippen MR) is 74.5 cm³/mol. The summed E-state index contributed by atoms with van der Waals surface area (Å²) in [7, 11) is -4.03. The molecule has 2 aromatic rings. The van der Waals surface area contributed by atoms with Crippen LogP contribution in [0.5, 0.6) is 5.75 Å². The Labute approximate surface area is 120 Å². The molecule has 0 aliphatic rings. The first kappa shape index (κ1) is 14.7. The molecule has 0 aliphatic carbocycles. The van der Waals surface area contributed by atoms with E-state index in [1.807, 2.05) is 0 Å². The number of hydrogen-bond donors (Lipinski definition) is 2. The van der Waals surface area contributed by atoms with Gasteiger partial charge in [0.1, 0.15) is 5.82 Å². The molecule has 2 N–H and O–H groups in total. The van der Waals surface area contributed by atoms with Crippen molar-refractivity contribution in [3.8, 4) is 5.75 Å². The number of anilines is 1. The van der Waals surface area contributed by atoms with Crippen molar-refractivity contribution in [2.45, 2.75) is 11.8 Å². The Morgan fingerprint density at radius 2 is 2.00 bits per heavy atom. The first-order chi connectivity index (χ1) is 9.79. The Kier molecular flexibility index (Phi) is 3.76. The van der Waals surface area contributed by atoms with Crippen molar-refractivity contribution in [2.24, 2.45) is 0 Å². The number of hydrogen-bond acceptors (Lipinski definition) is 6. The van der Waals surface area contributed by atoms with Crippen molar-refractivity contribution >= 4 is 21.5 Å². The van der Waals surface area contributed by atoms with Crippen molar-refractivity contribution < 1.29 is 18.4 Å². The molecule has 0 unspecified atom stereocenters. The summed E-state index contributed by atoms with van der Waals surface area (Å²) in [6.45, 7) is 1.80. The van der Waals surface area contributed by atoms with Crippen LogP contribution in [0.2, 0.25) is 0 Å². The van der Waals surface area contributed by atoms with Gasteiger partial charge in [0.25, 0.3) is 10.0 Å². The molecule has 0 amide bonds. The zero-order valence-electron chi connectivity index (χ0n) is 10.8. The Bertz CT molecular complexity index is 787. The van der Waals surface area contributed by atoms with E-state index >= 15 is 0 Å². The quantitative estimate of drug-likeness (QED) is 0.656. The monoisotopic (exact) mass is 309 g/mol. The molecule has 0 saturated heterocycles. The van der Waals surface area contributed by atoms with Gasteiger partial charge in [0.2, 0.25) is 0 Å². The van der Waals surface area contributed by atoms with Gasteiger partial charge in [-0.2, -0.15) is 0 Å². The van der Waals surface area contributed by atoms with E-state index in [1.165, 1.54) is 12.3 Å². The molecule has 8 nitrogen and oxygen atoms in total. The zero-order chi connectivity index (χ0) is 15.6. The fourth-order valence-corrected chi connectivity index (χ4v) is 2.57. The third-order valence-corrected chi connectivity index (χ3v) is 3.96. The minimum Gasteiger partial charge on any atom is -0.502 e. The van der Waals surface area contributed by atoms with Crippen LogP contribution in [0.25, 0.3) is 0 Å². The number of aromatic hydroxyl groups is 1. The van der Waals surface area contributed by atoms with Crippen molar-refractivity contribution in [3.63, 3.8) is 0 Å². The van der Waals surface area contributed by atoms with Crippen LogP contribution in [0, 0.1) is 17.0 Å². The number of aromatic nitrogens is 1. The summed E-state index contributed by atoms with van der Waals surface area (Å²) in [4.78, 5) is 13.4. The smallest absolute Gasteiger partial charge is 0.312 e. The van der Waals surface area contributed by atoms with Crippen LogP contribution in [0.3, 0.4) is 0 Å². The minimum atomic E-state index is -4.03. The van der Waals surface area contributed by atoms with E-state index in [9.17, 15) is 23.6 Å². The highest BCUT2D eigenvalue weighted by Gasteiger charge is 2.21. The number of benzene rings is 1. The van der Waals surface area contributed by atoms with Gasteiger partial charge in [-0.05, 0) is 30.7 Å². The van der Waals surface area contributed by atoms with Gasteiger partial charge in [0, 0.05) is 12.3 Å². The van der Waals surface area contributed by atoms with E-state index < -0.39 is 26.4 Å². The molecule has 0 radical (unpaired) electrons. The normalized spacial score (nSPS) is 11.1. The maximum Gasteiger partial charge on any atom is 0.312 e. The lowest BCUT2D eigenvalue weighted by Gasteiger charge is -2.07. The van der Waals surface area contributed by atoms with Gasteiger partial charge in [-0.3, -0.25) is 14.8 Å². The van der Waals surface area contributed by atoms with E-state index in [-0.39, 0.29) is 10.7 Å². The molecule has 1 heterocycles. The lowest BCUT2D eigenvalue weighted by molar-refractivity contribution is -0.386. The Morgan fingerprint density at radius 3 is 2.57 bits per heavy atom. The van der Waals surface area contributed by atoms with Crippen molar-refractivity contribution in [1.29, 1.82) is 0 Å². The molecule has 1 aromatic heterocycles. The first-order valence-corrected chi connectivity index (χ1v) is 7.21. The fourth-order valence-electron chi connectivity index (χ4n) is 1.54. The molecule has 0 fully saturated rings. The predicted octanol–water partition coefficient (Wildman–Crippen LogP) is 1.80. The summed E-state index contributed by atoms with van der Waals surface area (Å²) in [6.07, 6.45) is 1.48. The molecule has 1 aromatic carbocycles. The average molecular weight is 309 g/mol. The van der Waals surface area contributed by atoms with Gasteiger partial charge in [0.15, 0.2) is 5.75 Å². The number of aryl methyl sites for hydroxylation is 1. The van der Waals surface area contributed by atoms with E-state index in [1.54, 1.807) is 13.0 Å². The van der Waals surface area contributed by atoms with Crippen molar-refractivity contribution in [1.82, 2.24) is 4.98 Å². The average Bonchev–Trinajstić information content (AvgIpc) is 2.41. The maximum absolute atomic E-state index is 12.1. The van der Waals surface area contributed by atoms with Crippen LogP contribution < -0.4 is 4.72 Å². The highest BCUT2D eigenvalue weighted by molar-refractivity contribution is 7.92. The van der Waals surface area contributed by atoms with Crippen molar-refractivity contribution in [3.05, 3.63) is 52.2 Å². The second-order valence-corrected chi connectivity index (χ2v) is 5.92. The van der Waals surface area contributed by atoms with Crippen molar-refractivity contribution in [2.75, 3.05) is 4.72 Å². The van der Waals surface area contributed by atoms with Gasteiger partial charge >= 0.3 is 5.69 Å². The van der Waals surface area contributed by atoms with E-state index in [0.717, 1.165) is 23.8 Å². The van der Waals surface area contributed by atoms with E-state index in [2.05, 4.69) is 9.71 Å². The molecule has 0 atom stereocenters. The molecular weight excluding hydrogens is 298 g/mol. The van der Waals surface area contributed by atoms with Crippen LogP contribution >= 0.6 is 0 Å². The molecular formula is C12H11N3O5S. The van der Waals surface area contributed by atoms with E-state index in [0.29, 0.717) is 0 Å². The van der Waals surface area contributed by atoms with Crippen LogP contribution in [0.15, 0.2) is 41.4 Å². The van der Waals surface area contributed by atoms with Crippen LogP contribution in [0.1, 0.15) is 5.56 Å². The highest BCUT2D eigenvalue weighted by Crippen LogP contribution is 2.28. The number of nitro benzene ring substituents is 1. The Balaban J connectivity index is 2.38. The standard InChI is InChI=1S/C12H11N3O5S/c1-8-2-5-12(13-7-8)14-21(19,20)9-3-4-11(16)10(6-9)15(17)18/h2-7,16H,1H3,(H,13,14). The number of nitro groups is 1. The number of nitrogens with one attached hydrogen (secondary N) is 1. The SMILES string of the molecule is Cc1ccc(NS(=O)(=O)c2ccc(O)c([N+](=O)[O-])c2)nc1. The van der Waals surface area contributed by atoms with Crippen LogP contribution in [0.4, 0.5) is 11.5 Å². The number of phenolic OH excluding ortho intramolecular Hbond substituents is 1. The number of rotatable bonds is 4. The molecule has 2 rings (SSSR count). The largest absolute Gasteiger partial charge is 0.502 e. The molecule has 0 saturated carbocycles. The second kappa shape index (κ2) is 5.37. The number of sulfonamides is 1. The molecule has 0 aliphatic heterocycles. The molecule has 9 heteroatoms. The Morgan fingerprint density at radius 1 is 1.29 bits per heavy atom. The van der Waals surface area contributed by atoms with Gasteiger partial charge in [-0.15, -0.1) is 0 Å². The molecule has 0 bridgehead atoms. The lowest BCUT2D eigenvalue weighted by Crippen LogP contribution is -2.14. The number of nitrogens with zero attached hydrogens (tertiary/aromatic N) is 2. The maximum atomic E-state index is 12.1. The first-order valence-electron chi connectivity index (χ1n) is 5.72. The fraction of sp³-hybridized carbons (Fsp3) is 0.0833. The third-order valence-electron chi connectivity index (χ3n) is 2.60. The summed E-state index contributed by atoms with van der Waals surface area (Å²) in [5.41, 5.74) is 0.174. The summed E-state index contributed by atoms with van der Waals surface area (Å²) < 4.78 is 26.4. The zero-order valence-corrected chi connectivity index (χ0v) is 11.7. The summed E-state index contributed by atoms with van der Waals surface area (Å²) in [5, 5.41) is 20.0. The second-order valence-electron chi connectivity index (χ2n) is 4.23. The lowest BCUT2D eigenvalue weighted by atomic mass is 10.3. The van der Waals surface area contributed by atoms with Crippen LogP contribution in [-0.4, -0.2) is 23.4 Å². The highest BCUT2D eigenvalue weighted by atomic mass is 32.2. The van der Waals surface area contributed by atoms with Gasteiger partial charge < -0.3 is 5.11 Å². The minimum absolute atomic E-state index is 0.0938. The summed E-state index contributed by atoms with van der Waals surface area (Å²) in [6, 6.07) is 5.95. The van der Waals surface area contributed by atoms with Gasteiger partial charge in [-0.1, -0.05) is 6.07 Å². The third kappa shape index (κ3) is 3.26. The van der Waals surface area contributed by atoms with E-state index in [4.69, 9.17) is 0 Å². The molecule has 110 valence electrons. The number of pyridine rings is 1. The van der Waals surface area contributed by atoms with Gasteiger partial charge in [-0.25, -0.2) is 13.4 Å². The topological polar surface area (TPSA) is 122 Å². The molecule has 21 heavy (non-hydrogen) atoms. The van der Waals surface area contributed by atoms with Gasteiger partial charge in [0.05, 0.1) is 9.82 Å².